The standard InChI is InChI=1S/C21H27N3O2/c1-25-19-7-5-18(6-8-19)14-23-12-13-26-17-21(15-23)9-11-24(16-21)20-4-2-3-10-22-20/h2-8,10H,9,11-17H2,1H3/t21-/m0/s1. The highest BCUT2D eigenvalue weighted by molar-refractivity contribution is 5.40. The predicted molar refractivity (Wildman–Crippen MR) is 103 cm³/mol. The van der Waals surface area contributed by atoms with Crippen molar-refractivity contribution in [3.8, 4) is 5.75 Å². The van der Waals surface area contributed by atoms with E-state index in [4.69, 9.17) is 9.47 Å². The van der Waals surface area contributed by atoms with Crippen molar-refractivity contribution in [1.29, 1.82) is 0 Å². The summed E-state index contributed by atoms with van der Waals surface area (Å²) in [6.07, 6.45) is 3.03. The van der Waals surface area contributed by atoms with E-state index in [1.54, 1.807) is 7.11 Å². The first-order chi connectivity index (χ1) is 12.8. The molecule has 2 fully saturated rings. The van der Waals surface area contributed by atoms with Crippen LogP contribution in [0, 0.1) is 5.41 Å². The second-order valence-corrected chi connectivity index (χ2v) is 7.47. The lowest BCUT2D eigenvalue weighted by atomic mass is 9.87. The Hall–Kier alpha value is -2.11. The van der Waals surface area contributed by atoms with E-state index in [0.29, 0.717) is 0 Å². The first-order valence-electron chi connectivity index (χ1n) is 9.35. The average Bonchev–Trinajstić information content (AvgIpc) is 3.00. The van der Waals surface area contributed by atoms with Gasteiger partial charge < -0.3 is 14.4 Å². The molecule has 4 rings (SSSR count). The number of nitrogens with zero attached hydrogens (tertiary/aromatic N) is 3. The lowest BCUT2D eigenvalue weighted by Crippen LogP contribution is -2.40. The summed E-state index contributed by atoms with van der Waals surface area (Å²) in [7, 11) is 1.71. The minimum absolute atomic E-state index is 0.195. The molecule has 2 saturated heterocycles. The van der Waals surface area contributed by atoms with Crippen molar-refractivity contribution in [2.75, 3.05) is 51.4 Å². The lowest BCUT2D eigenvalue weighted by molar-refractivity contribution is 0.0798. The molecule has 0 amide bonds. The molecule has 2 aromatic rings. The SMILES string of the molecule is COc1ccc(CN2CCOC[C@@]3(CCN(c4ccccn4)C3)C2)cc1. The molecular formula is C21H27N3O2. The maximum absolute atomic E-state index is 6.01. The number of hydrogen-bond acceptors (Lipinski definition) is 5. The summed E-state index contributed by atoms with van der Waals surface area (Å²) in [5.41, 5.74) is 1.52. The molecule has 0 unspecified atom stereocenters. The number of rotatable bonds is 4. The molecule has 0 bridgehead atoms. The maximum Gasteiger partial charge on any atom is 0.128 e. The summed E-state index contributed by atoms with van der Waals surface area (Å²) in [6, 6.07) is 14.5. The van der Waals surface area contributed by atoms with Gasteiger partial charge in [0.15, 0.2) is 0 Å². The van der Waals surface area contributed by atoms with Crippen LogP contribution in [0.15, 0.2) is 48.7 Å². The molecule has 26 heavy (non-hydrogen) atoms. The molecule has 0 saturated carbocycles. The zero-order valence-corrected chi connectivity index (χ0v) is 15.4. The fourth-order valence-electron chi connectivity index (χ4n) is 4.12. The van der Waals surface area contributed by atoms with Gasteiger partial charge >= 0.3 is 0 Å². The van der Waals surface area contributed by atoms with Crippen molar-refractivity contribution < 1.29 is 9.47 Å². The third kappa shape index (κ3) is 3.84. The quantitative estimate of drug-likeness (QED) is 0.845. The van der Waals surface area contributed by atoms with Crippen LogP contribution >= 0.6 is 0 Å². The first-order valence-corrected chi connectivity index (χ1v) is 9.35. The van der Waals surface area contributed by atoms with Gasteiger partial charge in [0, 0.05) is 44.3 Å². The summed E-state index contributed by atoms with van der Waals surface area (Å²) < 4.78 is 11.3. The third-order valence-electron chi connectivity index (χ3n) is 5.50. The van der Waals surface area contributed by atoms with Crippen molar-refractivity contribution in [3.05, 3.63) is 54.2 Å². The van der Waals surface area contributed by atoms with Crippen LogP contribution in [0.5, 0.6) is 5.75 Å². The summed E-state index contributed by atoms with van der Waals surface area (Å²) in [5.74, 6) is 1.99. The molecular weight excluding hydrogens is 326 g/mol. The van der Waals surface area contributed by atoms with Gasteiger partial charge in [-0.1, -0.05) is 18.2 Å². The summed E-state index contributed by atoms with van der Waals surface area (Å²) in [6.45, 7) is 6.73. The van der Waals surface area contributed by atoms with E-state index in [1.165, 1.54) is 5.56 Å². The predicted octanol–water partition coefficient (Wildman–Crippen LogP) is 2.82. The molecule has 138 valence electrons. The summed E-state index contributed by atoms with van der Waals surface area (Å²) >= 11 is 0. The van der Waals surface area contributed by atoms with Gasteiger partial charge in [0.05, 0.1) is 20.3 Å². The van der Waals surface area contributed by atoms with Crippen LogP contribution in [0.4, 0.5) is 5.82 Å². The van der Waals surface area contributed by atoms with Crippen LogP contribution < -0.4 is 9.64 Å². The van der Waals surface area contributed by atoms with Gasteiger partial charge in [0.2, 0.25) is 0 Å². The van der Waals surface area contributed by atoms with Gasteiger partial charge in [-0.2, -0.15) is 0 Å². The monoisotopic (exact) mass is 353 g/mol. The van der Waals surface area contributed by atoms with Crippen molar-refractivity contribution in [3.63, 3.8) is 0 Å². The van der Waals surface area contributed by atoms with E-state index in [-0.39, 0.29) is 5.41 Å². The number of aromatic nitrogens is 1. The number of hydrogen-bond donors (Lipinski definition) is 0. The zero-order valence-electron chi connectivity index (χ0n) is 15.4. The summed E-state index contributed by atoms with van der Waals surface area (Å²) in [5, 5.41) is 0. The van der Waals surface area contributed by atoms with Crippen LogP contribution in [-0.2, 0) is 11.3 Å². The fraction of sp³-hybridized carbons (Fsp3) is 0.476. The lowest BCUT2D eigenvalue weighted by Gasteiger charge is -2.32. The highest BCUT2D eigenvalue weighted by Gasteiger charge is 2.41. The van der Waals surface area contributed by atoms with Crippen molar-refractivity contribution >= 4 is 5.82 Å². The molecule has 0 aliphatic carbocycles. The normalized spacial score (nSPS) is 24.0. The molecule has 5 nitrogen and oxygen atoms in total. The topological polar surface area (TPSA) is 37.8 Å². The van der Waals surface area contributed by atoms with Gasteiger partial charge in [-0.25, -0.2) is 4.98 Å². The van der Waals surface area contributed by atoms with Crippen molar-refractivity contribution in [1.82, 2.24) is 9.88 Å². The third-order valence-corrected chi connectivity index (χ3v) is 5.50. The van der Waals surface area contributed by atoms with Crippen LogP contribution in [0.25, 0.3) is 0 Å². The Morgan fingerprint density at radius 1 is 1.12 bits per heavy atom. The second kappa shape index (κ2) is 7.64. The Bertz CT molecular complexity index is 707. The molecule has 1 aromatic heterocycles. The van der Waals surface area contributed by atoms with Crippen LogP contribution in [0.1, 0.15) is 12.0 Å². The number of anilines is 1. The van der Waals surface area contributed by atoms with Crippen LogP contribution in [0.3, 0.4) is 0 Å². The highest BCUT2D eigenvalue weighted by Crippen LogP contribution is 2.35. The molecule has 1 aromatic carbocycles. The van der Waals surface area contributed by atoms with Gasteiger partial charge in [0.1, 0.15) is 11.6 Å². The van der Waals surface area contributed by atoms with Crippen molar-refractivity contribution in [2.45, 2.75) is 13.0 Å². The van der Waals surface area contributed by atoms with Gasteiger partial charge in [0.25, 0.3) is 0 Å². The molecule has 5 heteroatoms. The molecule has 2 aliphatic rings. The minimum atomic E-state index is 0.195. The second-order valence-electron chi connectivity index (χ2n) is 7.47. The average molecular weight is 353 g/mol. The van der Waals surface area contributed by atoms with Crippen LogP contribution in [-0.4, -0.2) is 56.4 Å². The summed E-state index contributed by atoms with van der Waals surface area (Å²) in [4.78, 5) is 9.47. The van der Waals surface area contributed by atoms with E-state index in [9.17, 15) is 0 Å². The van der Waals surface area contributed by atoms with E-state index in [2.05, 4.69) is 39.0 Å². The molecule has 2 aliphatic heterocycles. The Labute approximate surface area is 155 Å². The number of ether oxygens (including phenoxy) is 2. The Balaban J connectivity index is 1.44. The number of pyridine rings is 1. The molecule has 0 N–H and O–H groups in total. The minimum Gasteiger partial charge on any atom is -0.497 e. The Morgan fingerprint density at radius 2 is 2.00 bits per heavy atom. The maximum atomic E-state index is 6.01. The molecule has 1 spiro atoms. The molecule has 0 radical (unpaired) electrons. The highest BCUT2D eigenvalue weighted by atomic mass is 16.5. The fourth-order valence-corrected chi connectivity index (χ4v) is 4.12. The van der Waals surface area contributed by atoms with E-state index < -0.39 is 0 Å². The number of methoxy groups -OCH3 is 1. The van der Waals surface area contributed by atoms with Crippen molar-refractivity contribution in [2.24, 2.45) is 5.41 Å². The smallest absolute Gasteiger partial charge is 0.128 e. The van der Waals surface area contributed by atoms with Gasteiger partial charge in [-0.15, -0.1) is 0 Å². The molecule has 1 atom stereocenters. The van der Waals surface area contributed by atoms with Crippen LogP contribution in [0.2, 0.25) is 0 Å². The first kappa shape index (κ1) is 17.3. The van der Waals surface area contributed by atoms with Gasteiger partial charge in [-0.3, -0.25) is 4.90 Å². The van der Waals surface area contributed by atoms with Gasteiger partial charge in [-0.05, 0) is 36.2 Å². The van der Waals surface area contributed by atoms with E-state index in [0.717, 1.165) is 63.9 Å². The van der Waals surface area contributed by atoms with E-state index in [1.807, 2.05) is 24.4 Å². The Kier molecular flexibility index (Phi) is 5.09. The Morgan fingerprint density at radius 3 is 2.77 bits per heavy atom. The molecule has 3 heterocycles. The zero-order chi connectivity index (χ0) is 17.8. The number of benzene rings is 1. The van der Waals surface area contributed by atoms with E-state index >= 15 is 0 Å². The largest absolute Gasteiger partial charge is 0.497 e.